The Morgan fingerprint density at radius 3 is 2.58 bits per heavy atom. The summed E-state index contributed by atoms with van der Waals surface area (Å²) >= 11 is 1.56. The first kappa shape index (κ1) is 18.6. The van der Waals surface area contributed by atoms with E-state index in [9.17, 15) is 12.8 Å². The molecule has 0 fully saturated rings. The summed E-state index contributed by atoms with van der Waals surface area (Å²) in [6.07, 6.45) is 0. The molecule has 3 rings (SSSR count). The maximum absolute atomic E-state index is 13.6. The van der Waals surface area contributed by atoms with Gasteiger partial charge in [-0.05, 0) is 48.7 Å². The number of aliphatic imine (C=N–C) groups is 1. The fourth-order valence-corrected chi connectivity index (χ4v) is 3.99. The lowest BCUT2D eigenvalue weighted by molar-refractivity contribution is 0.483. The Morgan fingerprint density at radius 1 is 1.23 bits per heavy atom. The van der Waals surface area contributed by atoms with Crippen LogP contribution in [0.15, 0.2) is 63.8 Å². The number of nitrogens with zero attached hydrogens (tertiary/aromatic N) is 2. The molecule has 0 aliphatic carbocycles. The molecule has 1 heterocycles. The van der Waals surface area contributed by atoms with Gasteiger partial charge in [-0.2, -0.15) is 8.42 Å². The summed E-state index contributed by atoms with van der Waals surface area (Å²) in [7, 11) is -4.22. The minimum absolute atomic E-state index is 0.174. The Bertz CT molecular complexity index is 970. The Morgan fingerprint density at radius 2 is 1.96 bits per heavy atom. The van der Waals surface area contributed by atoms with Gasteiger partial charge < -0.3 is 4.90 Å². The quantitative estimate of drug-likeness (QED) is 0.791. The second-order valence-electron chi connectivity index (χ2n) is 5.57. The molecule has 1 N–H and O–H groups in total. The SMILES string of the molecule is CCN1C(c2cccc(F)c2)=CSCC1=Nc1ccc(S(=O)(=O)O)cc1. The lowest BCUT2D eigenvalue weighted by atomic mass is 10.1. The van der Waals surface area contributed by atoms with Crippen molar-refractivity contribution in [3.05, 3.63) is 65.3 Å². The first-order valence-corrected chi connectivity index (χ1v) is 10.4. The largest absolute Gasteiger partial charge is 0.328 e. The molecule has 5 nitrogen and oxygen atoms in total. The van der Waals surface area contributed by atoms with Crippen LogP contribution >= 0.6 is 11.8 Å². The van der Waals surface area contributed by atoms with Crippen LogP contribution in [0, 0.1) is 5.82 Å². The van der Waals surface area contributed by atoms with Crippen LogP contribution in [-0.2, 0) is 10.1 Å². The lowest BCUT2D eigenvalue weighted by Gasteiger charge is -2.30. The molecule has 0 radical (unpaired) electrons. The highest BCUT2D eigenvalue weighted by Crippen LogP contribution is 2.30. The summed E-state index contributed by atoms with van der Waals surface area (Å²) in [6, 6.07) is 12.1. The molecule has 2 aromatic carbocycles. The van der Waals surface area contributed by atoms with Crippen molar-refractivity contribution in [1.29, 1.82) is 0 Å². The molecule has 0 aromatic heterocycles. The minimum Gasteiger partial charge on any atom is -0.328 e. The summed E-state index contributed by atoms with van der Waals surface area (Å²) in [5.41, 5.74) is 2.22. The zero-order valence-corrected chi connectivity index (χ0v) is 15.6. The van der Waals surface area contributed by atoms with Crippen LogP contribution in [0.4, 0.5) is 10.1 Å². The van der Waals surface area contributed by atoms with Crippen molar-refractivity contribution < 1.29 is 17.4 Å². The smallest absolute Gasteiger partial charge is 0.294 e. The van der Waals surface area contributed by atoms with Gasteiger partial charge in [0.05, 0.1) is 22.0 Å². The molecular weight excluding hydrogens is 375 g/mol. The molecule has 0 bridgehead atoms. The summed E-state index contributed by atoms with van der Waals surface area (Å²) in [5.74, 6) is 1.14. The van der Waals surface area contributed by atoms with Gasteiger partial charge in [-0.15, -0.1) is 11.8 Å². The summed E-state index contributed by atoms with van der Waals surface area (Å²) in [6.45, 7) is 2.64. The maximum Gasteiger partial charge on any atom is 0.294 e. The van der Waals surface area contributed by atoms with Gasteiger partial charge in [0.2, 0.25) is 0 Å². The molecule has 0 atom stereocenters. The Hall–Kier alpha value is -2.16. The van der Waals surface area contributed by atoms with Gasteiger partial charge in [-0.3, -0.25) is 4.55 Å². The molecule has 0 saturated carbocycles. The van der Waals surface area contributed by atoms with Gasteiger partial charge >= 0.3 is 0 Å². The second-order valence-corrected chi connectivity index (χ2v) is 7.84. The highest BCUT2D eigenvalue weighted by atomic mass is 32.2. The Balaban J connectivity index is 1.93. The standard InChI is InChI=1S/C18H17FN2O3S2/c1-2-21-17(13-4-3-5-14(19)10-13)11-25-12-18(21)20-15-6-8-16(9-7-15)26(22,23)24/h3-11H,2,12H2,1H3,(H,22,23,24). The Kier molecular flexibility index (Phi) is 5.45. The molecule has 0 amide bonds. The predicted octanol–water partition coefficient (Wildman–Crippen LogP) is 4.17. The molecule has 0 unspecified atom stereocenters. The van der Waals surface area contributed by atoms with Gasteiger partial charge in [-0.1, -0.05) is 12.1 Å². The van der Waals surface area contributed by atoms with Gasteiger partial charge in [-0.25, -0.2) is 9.38 Å². The van der Waals surface area contributed by atoms with Crippen LogP contribution in [0.2, 0.25) is 0 Å². The molecular formula is C18H17FN2O3S2. The molecule has 1 aliphatic heterocycles. The van der Waals surface area contributed by atoms with E-state index >= 15 is 0 Å². The van der Waals surface area contributed by atoms with Crippen LogP contribution < -0.4 is 0 Å². The van der Waals surface area contributed by atoms with Crippen molar-refractivity contribution in [2.75, 3.05) is 12.3 Å². The van der Waals surface area contributed by atoms with E-state index in [0.717, 1.165) is 17.1 Å². The average Bonchev–Trinajstić information content (AvgIpc) is 2.61. The van der Waals surface area contributed by atoms with Crippen LogP contribution in [0.3, 0.4) is 0 Å². The van der Waals surface area contributed by atoms with Crippen LogP contribution in [0.1, 0.15) is 12.5 Å². The molecule has 0 spiro atoms. The average molecular weight is 392 g/mol. The molecule has 1 aliphatic rings. The van der Waals surface area contributed by atoms with E-state index < -0.39 is 10.1 Å². The van der Waals surface area contributed by atoms with Crippen LogP contribution in [0.25, 0.3) is 5.70 Å². The van der Waals surface area contributed by atoms with Gasteiger partial charge in [0.15, 0.2) is 0 Å². The third kappa shape index (κ3) is 4.14. The first-order valence-electron chi connectivity index (χ1n) is 7.89. The third-order valence-electron chi connectivity index (χ3n) is 3.84. The predicted molar refractivity (Wildman–Crippen MR) is 103 cm³/mol. The summed E-state index contributed by atoms with van der Waals surface area (Å²) < 4.78 is 44.9. The zero-order valence-electron chi connectivity index (χ0n) is 14.0. The van der Waals surface area contributed by atoms with E-state index in [4.69, 9.17) is 4.55 Å². The topological polar surface area (TPSA) is 70.0 Å². The van der Waals surface area contributed by atoms with Crippen molar-refractivity contribution in [2.45, 2.75) is 11.8 Å². The van der Waals surface area contributed by atoms with Crippen molar-refractivity contribution in [3.8, 4) is 0 Å². The number of hydrogen-bond donors (Lipinski definition) is 1. The molecule has 0 saturated heterocycles. The summed E-state index contributed by atoms with van der Waals surface area (Å²) in [4.78, 5) is 6.43. The number of benzene rings is 2. The van der Waals surface area contributed by atoms with Crippen LogP contribution in [-0.4, -0.2) is 36.0 Å². The number of thioether (sulfide) groups is 1. The zero-order chi connectivity index (χ0) is 18.7. The van der Waals surface area contributed by atoms with E-state index in [1.165, 1.54) is 36.4 Å². The lowest BCUT2D eigenvalue weighted by Crippen LogP contribution is -2.33. The minimum atomic E-state index is -4.22. The third-order valence-corrected chi connectivity index (χ3v) is 5.52. The van der Waals surface area contributed by atoms with Crippen molar-refractivity contribution in [2.24, 2.45) is 4.99 Å². The van der Waals surface area contributed by atoms with Gasteiger partial charge in [0.1, 0.15) is 11.7 Å². The normalized spacial score (nSPS) is 16.7. The first-order chi connectivity index (χ1) is 12.4. The van der Waals surface area contributed by atoms with Gasteiger partial charge in [0.25, 0.3) is 10.1 Å². The second kappa shape index (κ2) is 7.61. The van der Waals surface area contributed by atoms with Gasteiger partial charge in [0, 0.05) is 12.1 Å². The number of rotatable bonds is 4. The summed E-state index contributed by atoms with van der Waals surface area (Å²) in [5, 5.41) is 1.98. The van der Waals surface area contributed by atoms with Crippen LogP contribution in [0.5, 0.6) is 0 Å². The molecule has 2 aromatic rings. The van der Waals surface area contributed by atoms with E-state index in [1.807, 2.05) is 23.3 Å². The van der Waals surface area contributed by atoms with E-state index in [1.54, 1.807) is 17.8 Å². The van der Waals surface area contributed by atoms with E-state index in [-0.39, 0.29) is 10.7 Å². The fraction of sp³-hybridized carbons (Fsp3) is 0.167. The number of halogens is 1. The van der Waals surface area contributed by atoms with Crippen molar-refractivity contribution in [1.82, 2.24) is 4.90 Å². The van der Waals surface area contributed by atoms with E-state index in [0.29, 0.717) is 18.0 Å². The van der Waals surface area contributed by atoms with E-state index in [2.05, 4.69) is 4.99 Å². The highest BCUT2D eigenvalue weighted by Gasteiger charge is 2.21. The highest BCUT2D eigenvalue weighted by molar-refractivity contribution is 8.03. The van der Waals surface area contributed by atoms with Crippen molar-refractivity contribution >= 4 is 39.1 Å². The molecule has 8 heteroatoms. The Labute approximate surface area is 156 Å². The molecule has 26 heavy (non-hydrogen) atoms. The van der Waals surface area contributed by atoms with Crippen molar-refractivity contribution in [3.63, 3.8) is 0 Å². The molecule has 136 valence electrons. The number of amidine groups is 1. The number of hydrogen-bond acceptors (Lipinski definition) is 4. The maximum atomic E-state index is 13.6. The monoisotopic (exact) mass is 392 g/mol. The fourth-order valence-electron chi connectivity index (χ4n) is 2.63.